The van der Waals surface area contributed by atoms with Crippen molar-refractivity contribution in [1.82, 2.24) is 29.2 Å². The zero-order chi connectivity index (χ0) is 29.3. The zero-order valence-electron chi connectivity index (χ0n) is 23.7. The fourth-order valence-electron chi connectivity index (χ4n) is 5.56. The highest BCUT2D eigenvalue weighted by Gasteiger charge is 2.24. The van der Waals surface area contributed by atoms with E-state index in [0.29, 0.717) is 30.4 Å². The lowest BCUT2D eigenvalue weighted by atomic mass is 10.1. The SMILES string of the molecule is CCN1CCN(Cc2ccc(Nc3ncc4ccn(-c5cc(F)c(CN6CCS(O)(O)CC6)c(F)c5)c4n3)cc2)CC1. The van der Waals surface area contributed by atoms with Gasteiger partial charge in [0, 0.05) is 81.4 Å². The molecule has 2 fully saturated rings. The molecule has 224 valence electrons. The van der Waals surface area contributed by atoms with Crippen LogP contribution in [0, 0.1) is 11.6 Å². The summed E-state index contributed by atoms with van der Waals surface area (Å²) in [7, 11) is -2.57. The molecule has 9 nitrogen and oxygen atoms in total. The van der Waals surface area contributed by atoms with E-state index in [9.17, 15) is 9.11 Å². The van der Waals surface area contributed by atoms with Crippen LogP contribution < -0.4 is 5.32 Å². The summed E-state index contributed by atoms with van der Waals surface area (Å²) >= 11 is 0. The van der Waals surface area contributed by atoms with Gasteiger partial charge in [0.1, 0.15) is 17.3 Å². The van der Waals surface area contributed by atoms with E-state index in [2.05, 4.69) is 44.1 Å². The van der Waals surface area contributed by atoms with Crippen LogP contribution in [0.5, 0.6) is 0 Å². The van der Waals surface area contributed by atoms with Gasteiger partial charge in [0.2, 0.25) is 5.95 Å². The predicted molar refractivity (Wildman–Crippen MR) is 164 cm³/mol. The van der Waals surface area contributed by atoms with Crippen molar-refractivity contribution in [3.05, 3.63) is 77.6 Å². The summed E-state index contributed by atoms with van der Waals surface area (Å²) in [6.07, 6.45) is 3.41. The average molecular weight is 598 g/mol. The Morgan fingerprint density at radius 2 is 1.50 bits per heavy atom. The van der Waals surface area contributed by atoms with E-state index in [-0.39, 0.29) is 23.6 Å². The summed E-state index contributed by atoms with van der Waals surface area (Å²) in [5.41, 5.74) is 2.93. The van der Waals surface area contributed by atoms with Crippen LogP contribution in [0.3, 0.4) is 0 Å². The molecule has 12 heteroatoms. The van der Waals surface area contributed by atoms with Gasteiger partial charge in [-0.2, -0.15) is 15.6 Å². The number of nitrogens with one attached hydrogen (secondary N) is 1. The fourth-order valence-corrected chi connectivity index (χ4v) is 6.86. The maximum Gasteiger partial charge on any atom is 0.229 e. The molecule has 2 saturated heterocycles. The van der Waals surface area contributed by atoms with Gasteiger partial charge in [0.15, 0.2) is 0 Å². The van der Waals surface area contributed by atoms with Crippen molar-refractivity contribution in [2.45, 2.75) is 20.0 Å². The monoisotopic (exact) mass is 597 g/mol. The molecule has 4 heterocycles. The third-order valence-electron chi connectivity index (χ3n) is 8.21. The van der Waals surface area contributed by atoms with Crippen LogP contribution in [0.15, 0.2) is 54.9 Å². The van der Waals surface area contributed by atoms with E-state index in [0.717, 1.165) is 50.3 Å². The summed E-state index contributed by atoms with van der Waals surface area (Å²) in [6.45, 7) is 9.45. The Labute approximate surface area is 246 Å². The first-order chi connectivity index (χ1) is 20.3. The Hall–Kier alpha value is -3.13. The number of hydrogen-bond donors (Lipinski definition) is 3. The number of halogens is 2. The maximum atomic E-state index is 15.2. The number of aromatic nitrogens is 3. The molecule has 0 atom stereocenters. The van der Waals surface area contributed by atoms with E-state index < -0.39 is 22.2 Å². The first-order valence-corrected chi connectivity index (χ1v) is 16.2. The number of piperazine rings is 1. The van der Waals surface area contributed by atoms with Gasteiger partial charge >= 0.3 is 0 Å². The quantitative estimate of drug-likeness (QED) is 0.257. The van der Waals surface area contributed by atoms with Gasteiger partial charge in [-0.15, -0.1) is 0 Å². The smallest absolute Gasteiger partial charge is 0.229 e. The summed E-state index contributed by atoms with van der Waals surface area (Å²) in [6, 6.07) is 12.7. The lowest BCUT2D eigenvalue weighted by molar-refractivity contribution is 0.132. The van der Waals surface area contributed by atoms with Crippen molar-refractivity contribution in [1.29, 1.82) is 0 Å². The van der Waals surface area contributed by atoms with Crippen LogP contribution in [0.25, 0.3) is 16.7 Å². The lowest BCUT2D eigenvalue weighted by Crippen LogP contribution is -2.45. The third-order valence-corrected chi connectivity index (χ3v) is 9.88. The van der Waals surface area contributed by atoms with Gasteiger partial charge < -0.3 is 14.8 Å². The minimum Gasteiger partial charge on any atom is -0.324 e. The highest BCUT2D eigenvalue weighted by Crippen LogP contribution is 2.40. The van der Waals surface area contributed by atoms with Crippen LogP contribution >= 0.6 is 10.6 Å². The summed E-state index contributed by atoms with van der Waals surface area (Å²) < 4.78 is 51.6. The fraction of sp³-hybridized carbons (Fsp3) is 0.400. The van der Waals surface area contributed by atoms with Crippen molar-refractivity contribution in [3.8, 4) is 5.69 Å². The molecule has 0 aliphatic carbocycles. The second-order valence-corrected chi connectivity index (χ2v) is 13.5. The molecule has 2 aliphatic heterocycles. The summed E-state index contributed by atoms with van der Waals surface area (Å²) in [4.78, 5) is 15.9. The number of fused-ring (bicyclic) bond motifs is 1. The number of rotatable bonds is 8. The Morgan fingerprint density at radius 1 is 0.857 bits per heavy atom. The summed E-state index contributed by atoms with van der Waals surface area (Å²) in [5, 5.41) is 4.00. The van der Waals surface area contributed by atoms with Crippen LogP contribution in [-0.2, 0) is 13.1 Å². The van der Waals surface area contributed by atoms with E-state index in [1.165, 1.54) is 17.7 Å². The molecule has 3 N–H and O–H groups in total. The molecule has 0 amide bonds. The number of likely N-dealkylation sites (N-methyl/N-ethyl adjacent to an activating group) is 1. The van der Waals surface area contributed by atoms with Crippen LogP contribution in [0.1, 0.15) is 18.1 Å². The van der Waals surface area contributed by atoms with Gasteiger partial charge in [0.25, 0.3) is 0 Å². The van der Waals surface area contributed by atoms with Gasteiger partial charge in [-0.25, -0.2) is 13.8 Å². The lowest BCUT2D eigenvalue weighted by Gasteiger charge is -2.41. The van der Waals surface area contributed by atoms with Gasteiger partial charge in [-0.1, -0.05) is 19.1 Å². The molecule has 0 bridgehead atoms. The standard InChI is InChI=1S/C30H37F2N7O2S/c1-2-36-9-11-37(12-10-36)20-22-3-5-24(6-4-22)34-30-33-19-23-7-8-39(29(23)35-30)25-17-27(31)26(28(32)18-25)21-38-13-15-42(40,41)16-14-38/h3-8,17-19,40-41H,2,9-16,20-21H2,1H3,(H,33,34,35). The molecule has 2 aromatic heterocycles. The average Bonchev–Trinajstić information content (AvgIpc) is 3.40. The highest BCUT2D eigenvalue weighted by atomic mass is 32.3. The van der Waals surface area contributed by atoms with Gasteiger partial charge in [-0.05, 0) is 42.4 Å². The molecule has 0 unspecified atom stereocenters. The second-order valence-electron chi connectivity index (χ2n) is 11.1. The molecule has 42 heavy (non-hydrogen) atoms. The molecule has 2 aliphatic rings. The van der Waals surface area contributed by atoms with Crippen LogP contribution in [0.4, 0.5) is 20.4 Å². The van der Waals surface area contributed by atoms with Crippen molar-refractivity contribution < 1.29 is 17.9 Å². The summed E-state index contributed by atoms with van der Waals surface area (Å²) in [5.74, 6) is -0.465. The first kappa shape index (κ1) is 29.0. The van der Waals surface area contributed by atoms with Crippen molar-refractivity contribution in [3.63, 3.8) is 0 Å². The van der Waals surface area contributed by atoms with Crippen LogP contribution in [0.2, 0.25) is 0 Å². The Bertz CT molecular complexity index is 1510. The number of benzene rings is 2. The van der Waals surface area contributed by atoms with E-state index in [4.69, 9.17) is 0 Å². The molecule has 2 aromatic carbocycles. The minimum absolute atomic E-state index is 0.0303. The third kappa shape index (κ3) is 6.59. The Morgan fingerprint density at radius 3 is 2.17 bits per heavy atom. The van der Waals surface area contributed by atoms with E-state index >= 15 is 8.78 Å². The van der Waals surface area contributed by atoms with Crippen molar-refractivity contribution in [2.75, 3.05) is 62.6 Å². The molecular weight excluding hydrogens is 560 g/mol. The number of anilines is 2. The highest BCUT2D eigenvalue weighted by molar-refractivity contribution is 8.24. The van der Waals surface area contributed by atoms with Crippen molar-refractivity contribution in [2.24, 2.45) is 0 Å². The topological polar surface area (TPSA) is 92.9 Å². The molecular formula is C30H37F2N7O2S. The predicted octanol–water partition coefficient (Wildman–Crippen LogP) is 5.15. The minimum atomic E-state index is -2.57. The molecule has 0 spiro atoms. The molecule has 0 radical (unpaired) electrons. The zero-order valence-corrected chi connectivity index (χ0v) is 24.5. The Kier molecular flexibility index (Phi) is 8.44. The number of nitrogens with zero attached hydrogens (tertiary/aromatic N) is 6. The largest absolute Gasteiger partial charge is 0.324 e. The van der Waals surface area contributed by atoms with Crippen LogP contribution in [-0.4, -0.2) is 95.7 Å². The van der Waals surface area contributed by atoms with Crippen molar-refractivity contribution >= 4 is 33.3 Å². The molecule has 4 aromatic rings. The van der Waals surface area contributed by atoms with Gasteiger partial charge in [0.05, 0.1) is 17.2 Å². The molecule has 0 saturated carbocycles. The van der Waals surface area contributed by atoms with Gasteiger partial charge in [-0.3, -0.25) is 18.9 Å². The second kappa shape index (κ2) is 12.2. The number of hydrogen-bond acceptors (Lipinski definition) is 8. The first-order valence-electron chi connectivity index (χ1n) is 14.4. The maximum absolute atomic E-state index is 15.2. The van der Waals surface area contributed by atoms with E-state index in [1.54, 1.807) is 17.0 Å². The Balaban J connectivity index is 1.14. The normalized spacial score (nSPS) is 19.3. The molecule has 6 rings (SSSR count). The van der Waals surface area contributed by atoms with E-state index in [1.807, 2.05) is 23.1 Å².